The number of benzene rings is 3. The van der Waals surface area contributed by atoms with E-state index in [4.69, 9.17) is 0 Å². The first kappa shape index (κ1) is 46.9. The van der Waals surface area contributed by atoms with Crippen molar-refractivity contribution in [1.29, 1.82) is 0 Å². The van der Waals surface area contributed by atoms with Gasteiger partial charge in [0.15, 0.2) is 8.07 Å². The Morgan fingerprint density at radius 2 is 0.667 bits per heavy atom. The van der Waals surface area contributed by atoms with Gasteiger partial charge in [-0.3, -0.25) is 6.08 Å². The van der Waals surface area contributed by atoms with Crippen molar-refractivity contribution in [1.82, 2.24) is 0 Å². The third kappa shape index (κ3) is 9.43. The molecule has 3 aromatic carbocycles. The van der Waals surface area contributed by atoms with Gasteiger partial charge in [0.2, 0.25) is 0 Å². The van der Waals surface area contributed by atoms with Gasteiger partial charge in [0.05, 0.1) is 0 Å². The van der Waals surface area contributed by atoms with Crippen LogP contribution >= 0.6 is 0 Å². The maximum atomic E-state index is 3.84. The van der Waals surface area contributed by atoms with E-state index in [0.29, 0.717) is 35.5 Å². The monoisotopic (exact) mass is 756 g/mol. The number of hydrogen-bond donors (Lipinski definition) is 0. The van der Waals surface area contributed by atoms with Gasteiger partial charge >= 0.3 is 21.7 Å². The minimum atomic E-state index is -2.76. The molecule has 4 rings (SSSR count). The third-order valence-corrected chi connectivity index (χ3v) is 15.2. The summed E-state index contributed by atoms with van der Waals surface area (Å²) in [7, 11) is -2.76. The molecule has 0 spiro atoms. The molecule has 0 atom stereocenters. The maximum absolute atomic E-state index is 3.84. The molecule has 1 aliphatic rings. The second-order valence-electron chi connectivity index (χ2n) is 15.4. The number of allylic oxidation sites excluding steroid dienone is 4. The number of halogens is 3. The van der Waals surface area contributed by atoms with Crippen molar-refractivity contribution in [2.75, 3.05) is 0 Å². The fourth-order valence-electron chi connectivity index (χ4n) is 6.83. The molecule has 0 heterocycles. The fourth-order valence-corrected chi connectivity index (χ4v) is 12.3. The first-order chi connectivity index (χ1) is 20.6. The third-order valence-electron chi connectivity index (χ3n) is 10.2. The summed E-state index contributed by atoms with van der Waals surface area (Å²) < 4.78 is 0. The average molecular weight is 758 g/mol. The Balaban J connectivity index is 0.00000552. The molecular weight excluding hydrogens is 699 g/mol. The summed E-state index contributed by atoms with van der Waals surface area (Å²) in [5.41, 5.74) is 11.5. The SMILES string of the molecule is CC1=[C-]CC([Si](c2cc(C(C)C)cc(C(C)C)c2)(c2cc(C(C)C)cc(C(C)C)c2)c2cc(C(C)C)cc(C(C)C)c2)=C1C.[Cl-].[Cl-].[Cl-].[Ti+4]. The van der Waals surface area contributed by atoms with Crippen LogP contribution in [0.15, 0.2) is 70.9 Å². The summed E-state index contributed by atoms with van der Waals surface area (Å²) >= 11 is 0. The molecule has 5 heteroatoms. The molecule has 0 bridgehead atoms. The first-order valence-electron chi connectivity index (χ1n) is 17.3. The largest absolute Gasteiger partial charge is 4.00 e. The summed E-state index contributed by atoms with van der Waals surface area (Å²) in [5, 5.41) is 6.26. The second kappa shape index (κ2) is 19.0. The topological polar surface area (TPSA) is 0 Å². The Morgan fingerprint density at radius 3 is 0.833 bits per heavy atom. The normalized spacial score (nSPS) is 13.2. The molecule has 0 fully saturated rings. The van der Waals surface area contributed by atoms with Gasteiger partial charge in [-0.15, -0.1) is 13.3 Å². The number of hydrogen-bond acceptors (Lipinski definition) is 0. The minimum absolute atomic E-state index is 0. The average Bonchev–Trinajstić information content (AvgIpc) is 3.30. The molecule has 0 amide bonds. The van der Waals surface area contributed by atoms with Gasteiger partial charge in [-0.1, -0.05) is 145 Å². The van der Waals surface area contributed by atoms with Crippen molar-refractivity contribution < 1.29 is 58.9 Å². The van der Waals surface area contributed by atoms with Crippen LogP contribution in [0.25, 0.3) is 0 Å². The van der Waals surface area contributed by atoms with Gasteiger partial charge in [0.1, 0.15) is 0 Å². The van der Waals surface area contributed by atoms with Gasteiger partial charge < -0.3 is 37.2 Å². The van der Waals surface area contributed by atoms with E-state index in [1.807, 2.05) is 0 Å². The predicted molar refractivity (Wildman–Crippen MR) is 198 cm³/mol. The maximum Gasteiger partial charge on any atom is 4.00 e. The Morgan fingerprint density at radius 1 is 0.438 bits per heavy atom. The van der Waals surface area contributed by atoms with Gasteiger partial charge in [-0.25, -0.2) is 11.1 Å². The molecule has 0 aliphatic heterocycles. The van der Waals surface area contributed by atoms with E-state index in [2.05, 4.69) is 158 Å². The van der Waals surface area contributed by atoms with Gasteiger partial charge in [0.25, 0.3) is 0 Å². The second-order valence-corrected chi connectivity index (χ2v) is 19.3. The minimum Gasteiger partial charge on any atom is -1.00 e. The van der Waals surface area contributed by atoms with E-state index in [0.717, 1.165) is 6.42 Å². The van der Waals surface area contributed by atoms with Crippen LogP contribution in [0.1, 0.15) is 172 Å². The molecule has 0 saturated carbocycles. The van der Waals surface area contributed by atoms with Gasteiger partial charge in [0, 0.05) is 0 Å². The molecule has 0 nitrogen and oxygen atoms in total. The molecule has 0 N–H and O–H groups in total. The zero-order chi connectivity index (χ0) is 32.7. The van der Waals surface area contributed by atoms with Crippen molar-refractivity contribution in [3.8, 4) is 0 Å². The zero-order valence-corrected chi connectivity index (χ0v) is 36.8. The van der Waals surface area contributed by atoms with Crippen LogP contribution in [-0.4, -0.2) is 8.07 Å². The summed E-state index contributed by atoms with van der Waals surface area (Å²) in [6, 6.07) is 23.1. The summed E-state index contributed by atoms with van der Waals surface area (Å²) in [4.78, 5) is 0. The Bertz CT molecular complexity index is 1340. The van der Waals surface area contributed by atoms with E-state index < -0.39 is 8.07 Å². The van der Waals surface area contributed by atoms with E-state index >= 15 is 0 Å². The molecule has 0 saturated heterocycles. The fraction of sp³-hybridized carbons (Fsp3) is 0.488. The van der Waals surface area contributed by atoms with E-state index in [9.17, 15) is 0 Å². The van der Waals surface area contributed by atoms with Crippen molar-refractivity contribution >= 4 is 23.6 Å². The van der Waals surface area contributed by atoms with Crippen LogP contribution < -0.4 is 52.8 Å². The standard InChI is InChI=1S/C43H59Si.3ClH.Ti/c1-26(2)34-17-35(27(3)4)21-40(20-34)44(43-16-15-32(13)33(43)14,41-22-36(28(5)6)18-37(23-41)29(7)8)42-24-38(30(9)10)19-39(25-42)31(11)12;;;;/h17-31H,16H2,1-14H3;3*1H;/q-1;;;;+4/p-3. The van der Waals surface area contributed by atoms with Crippen molar-refractivity contribution in [3.05, 3.63) is 110 Å². The molecule has 48 heavy (non-hydrogen) atoms. The molecule has 1 aliphatic carbocycles. The Hall–Kier alpha value is -1.06. The van der Waals surface area contributed by atoms with Crippen LogP contribution in [0.4, 0.5) is 0 Å². The molecule has 0 unspecified atom stereocenters. The quantitative estimate of drug-likeness (QED) is 0.169. The van der Waals surface area contributed by atoms with E-state index in [-0.39, 0.29) is 58.9 Å². The summed E-state index contributed by atoms with van der Waals surface area (Å²) in [6.07, 6.45) is 4.75. The number of rotatable bonds is 10. The summed E-state index contributed by atoms with van der Waals surface area (Å²) in [6.45, 7) is 33.0. The van der Waals surface area contributed by atoms with Crippen molar-refractivity contribution in [3.63, 3.8) is 0 Å². The smallest absolute Gasteiger partial charge is 1.00 e. The van der Waals surface area contributed by atoms with Crippen LogP contribution in [-0.2, 0) is 21.7 Å². The predicted octanol–water partition coefficient (Wildman–Crippen LogP) is 1.92. The Kier molecular flexibility index (Phi) is 18.5. The molecular formula is C43H59Cl3SiTi. The van der Waals surface area contributed by atoms with E-state index in [1.165, 1.54) is 44.5 Å². The van der Waals surface area contributed by atoms with Crippen molar-refractivity contribution in [2.45, 2.75) is 139 Å². The van der Waals surface area contributed by atoms with E-state index in [1.54, 1.807) is 20.8 Å². The summed E-state index contributed by atoms with van der Waals surface area (Å²) in [5.74, 6) is 2.78. The van der Waals surface area contributed by atoms with Crippen molar-refractivity contribution in [2.24, 2.45) is 0 Å². The van der Waals surface area contributed by atoms with Gasteiger partial charge in [-0.2, -0.15) is 5.20 Å². The van der Waals surface area contributed by atoms with Crippen LogP contribution in [0.5, 0.6) is 0 Å². The molecule has 3 aromatic rings. The van der Waals surface area contributed by atoms with Gasteiger partial charge in [-0.05, 0) is 84.4 Å². The van der Waals surface area contributed by atoms with Crippen LogP contribution in [0.3, 0.4) is 0 Å². The molecule has 0 aromatic heterocycles. The molecule has 260 valence electrons. The first-order valence-corrected chi connectivity index (χ1v) is 19.3. The zero-order valence-electron chi connectivity index (χ0n) is 32.0. The Labute approximate surface area is 329 Å². The van der Waals surface area contributed by atoms with Crippen LogP contribution in [0, 0.1) is 6.08 Å². The van der Waals surface area contributed by atoms with Crippen LogP contribution in [0.2, 0.25) is 0 Å². The molecule has 0 radical (unpaired) electrons.